The van der Waals surface area contributed by atoms with E-state index in [1.165, 1.54) is 6.07 Å². The first-order chi connectivity index (χ1) is 12.4. The number of nitrogens with one attached hydrogen (secondary N) is 2. The summed E-state index contributed by atoms with van der Waals surface area (Å²) in [6.07, 6.45) is 3.32. The van der Waals surface area contributed by atoms with Gasteiger partial charge in [-0.15, -0.1) is 0 Å². The van der Waals surface area contributed by atoms with Gasteiger partial charge in [-0.25, -0.2) is 4.98 Å². The van der Waals surface area contributed by atoms with Crippen LogP contribution >= 0.6 is 0 Å². The van der Waals surface area contributed by atoms with Gasteiger partial charge in [0.1, 0.15) is 5.82 Å². The monoisotopic (exact) mass is 354 g/mol. The van der Waals surface area contributed by atoms with Gasteiger partial charge in [0.05, 0.1) is 5.69 Å². The van der Waals surface area contributed by atoms with Gasteiger partial charge in [0.15, 0.2) is 0 Å². The fourth-order valence-corrected chi connectivity index (χ4v) is 4.45. The molecule has 0 saturated carbocycles. The maximum absolute atomic E-state index is 13.0. The first-order valence-corrected chi connectivity index (χ1v) is 8.98. The highest BCUT2D eigenvalue weighted by atomic mass is 16.2. The van der Waals surface area contributed by atoms with Crippen LogP contribution in [0, 0.1) is 13.8 Å². The number of carbonyl (C=O) groups is 1. The zero-order chi connectivity index (χ0) is 18.5. The van der Waals surface area contributed by atoms with Gasteiger partial charge in [-0.05, 0) is 45.6 Å². The molecule has 136 valence electrons. The van der Waals surface area contributed by atoms with E-state index in [0.717, 1.165) is 30.5 Å². The van der Waals surface area contributed by atoms with E-state index in [0.29, 0.717) is 36.6 Å². The summed E-state index contributed by atoms with van der Waals surface area (Å²) in [4.78, 5) is 48.8. The average molecular weight is 354 g/mol. The zero-order valence-electron chi connectivity index (χ0n) is 15.0. The first kappa shape index (κ1) is 16.8. The van der Waals surface area contributed by atoms with Crippen LogP contribution in [0.2, 0.25) is 0 Å². The van der Waals surface area contributed by atoms with Gasteiger partial charge in [-0.3, -0.25) is 14.4 Å². The topological polar surface area (TPSA) is 98.9 Å². The molecule has 1 fully saturated rings. The number of piperidine rings is 1. The molecule has 0 radical (unpaired) electrons. The number of fused-ring (bicyclic) bond motifs is 2. The van der Waals surface area contributed by atoms with E-state index in [-0.39, 0.29) is 22.4 Å². The molecule has 1 atom stereocenters. The molecule has 2 aliphatic rings. The summed E-state index contributed by atoms with van der Waals surface area (Å²) in [5, 5.41) is 0. The van der Waals surface area contributed by atoms with Crippen LogP contribution in [0.3, 0.4) is 0 Å². The highest BCUT2D eigenvalue weighted by Crippen LogP contribution is 2.43. The van der Waals surface area contributed by atoms with Crippen LogP contribution in [-0.2, 0) is 11.8 Å². The van der Waals surface area contributed by atoms with Crippen LogP contribution in [-0.4, -0.2) is 38.8 Å². The number of hydrogen-bond acceptors (Lipinski definition) is 4. The highest BCUT2D eigenvalue weighted by molar-refractivity contribution is 5.94. The minimum Gasteiger partial charge on any atom is -0.338 e. The predicted octanol–water partition coefficient (Wildman–Crippen LogP) is 1.20. The van der Waals surface area contributed by atoms with Gasteiger partial charge < -0.3 is 14.9 Å². The Kier molecular flexibility index (Phi) is 3.82. The number of amides is 1. The SMILES string of the molecule is Cc1cc(C(=O)N2CCCC3(CCc4c3nc(C)[nH]c4=O)C2)cc(=O)[nH]1. The number of likely N-dealkylation sites (tertiary alicyclic amines) is 1. The quantitative estimate of drug-likeness (QED) is 0.804. The summed E-state index contributed by atoms with van der Waals surface area (Å²) in [5.41, 5.74) is 2.13. The number of carbonyl (C=O) groups excluding carboxylic acids is 1. The van der Waals surface area contributed by atoms with Crippen molar-refractivity contribution in [3.8, 4) is 0 Å². The van der Waals surface area contributed by atoms with E-state index in [2.05, 4.69) is 15.0 Å². The molecule has 2 aromatic rings. The van der Waals surface area contributed by atoms with Crippen LogP contribution in [0.25, 0.3) is 0 Å². The van der Waals surface area contributed by atoms with Crippen LogP contribution in [0.15, 0.2) is 21.7 Å². The second-order valence-electron chi connectivity index (χ2n) is 7.51. The van der Waals surface area contributed by atoms with Crippen molar-refractivity contribution in [2.75, 3.05) is 13.1 Å². The number of aryl methyl sites for hydroxylation is 2. The smallest absolute Gasteiger partial charge is 0.254 e. The molecule has 26 heavy (non-hydrogen) atoms. The minimum absolute atomic E-state index is 0.0574. The maximum Gasteiger partial charge on any atom is 0.254 e. The lowest BCUT2D eigenvalue weighted by molar-refractivity contribution is 0.0633. The Morgan fingerprint density at radius 2 is 2.00 bits per heavy atom. The van der Waals surface area contributed by atoms with Crippen molar-refractivity contribution < 1.29 is 4.79 Å². The van der Waals surface area contributed by atoms with Crippen LogP contribution in [0.1, 0.15) is 52.4 Å². The van der Waals surface area contributed by atoms with E-state index in [1.54, 1.807) is 19.9 Å². The number of nitrogens with zero attached hydrogens (tertiary/aromatic N) is 2. The van der Waals surface area contributed by atoms with Gasteiger partial charge in [-0.1, -0.05) is 0 Å². The maximum atomic E-state index is 13.0. The highest BCUT2D eigenvalue weighted by Gasteiger charge is 2.45. The molecular weight excluding hydrogens is 332 g/mol. The summed E-state index contributed by atoms with van der Waals surface area (Å²) in [6.45, 7) is 4.76. The average Bonchev–Trinajstić information content (AvgIpc) is 2.92. The molecule has 7 nitrogen and oxygen atoms in total. The van der Waals surface area contributed by atoms with Crippen molar-refractivity contribution >= 4 is 5.91 Å². The third-order valence-corrected chi connectivity index (χ3v) is 5.58. The molecule has 1 aliphatic heterocycles. The number of pyridine rings is 1. The number of aromatic amines is 2. The summed E-state index contributed by atoms with van der Waals surface area (Å²) in [5.74, 6) is 0.483. The molecule has 0 aromatic carbocycles. The summed E-state index contributed by atoms with van der Waals surface area (Å²) < 4.78 is 0. The van der Waals surface area contributed by atoms with Crippen molar-refractivity contribution in [1.29, 1.82) is 0 Å². The van der Waals surface area contributed by atoms with Gasteiger partial charge in [0.2, 0.25) is 5.56 Å². The van der Waals surface area contributed by atoms with E-state index >= 15 is 0 Å². The molecule has 7 heteroatoms. The lowest BCUT2D eigenvalue weighted by Gasteiger charge is -2.40. The number of rotatable bonds is 1. The third-order valence-electron chi connectivity index (χ3n) is 5.58. The molecule has 0 bridgehead atoms. The van der Waals surface area contributed by atoms with E-state index in [1.807, 2.05) is 4.90 Å². The molecule has 1 spiro atoms. The van der Waals surface area contributed by atoms with Gasteiger partial charge in [-0.2, -0.15) is 0 Å². The molecular formula is C19H22N4O3. The Bertz CT molecular complexity index is 1010. The second-order valence-corrected chi connectivity index (χ2v) is 7.51. The Hall–Kier alpha value is -2.70. The van der Waals surface area contributed by atoms with Crippen molar-refractivity contribution in [2.24, 2.45) is 0 Å². The molecule has 2 aromatic heterocycles. The van der Waals surface area contributed by atoms with Gasteiger partial charge in [0.25, 0.3) is 11.5 Å². The molecule has 1 saturated heterocycles. The van der Waals surface area contributed by atoms with Crippen molar-refractivity contribution in [1.82, 2.24) is 19.9 Å². The molecule has 2 N–H and O–H groups in total. The van der Waals surface area contributed by atoms with Crippen LogP contribution < -0.4 is 11.1 Å². The Morgan fingerprint density at radius 3 is 2.77 bits per heavy atom. The lowest BCUT2D eigenvalue weighted by atomic mass is 9.77. The summed E-state index contributed by atoms with van der Waals surface area (Å²) in [6, 6.07) is 3.06. The Morgan fingerprint density at radius 1 is 1.19 bits per heavy atom. The predicted molar refractivity (Wildman–Crippen MR) is 96.5 cm³/mol. The van der Waals surface area contributed by atoms with E-state index in [9.17, 15) is 14.4 Å². The summed E-state index contributed by atoms with van der Waals surface area (Å²) >= 11 is 0. The minimum atomic E-state index is -0.268. The standard InChI is InChI=1S/C19H22N4O3/c1-11-8-13(9-15(24)20-11)18(26)23-7-3-5-19(10-23)6-4-14-16(19)21-12(2)22-17(14)25/h8-9H,3-7,10H2,1-2H3,(H,20,24)(H,21,22,25). The van der Waals surface area contributed by atoms with Gasteiger partial charge in [0, 0.05) is 41.4 Å². The Labute approximate surface area is 150 Å². The molecule has 1 aliphatic carbocycles. The van der Waals surface area contributed by atoms with Crippen LogP contribution in [0.4, 0.5) is 0 Å². The van der Waals surface area contributed by atoms with Crippen LogP contribution in [0.5, 0.6) is 0 Å². The summed E-state index contributed by atoms with van der Waals surface area (Å²) in [7, 11) is 0. The molecule has 1 unspecified atom stereocenters. The second kappa shape index (κ2) is 5.93. The fourth-order valence-electron chi connectivity index (χ4n) is 4.45. The van der Waals surface area contributed by atoms with Crippen molar-refractivity contribution in [2.45, 2.75) is 44.9 Å². The zero-order valence-corrected chi connectivity index (χ0v) is 15.0. The Balaban J connectivity index is 1.69. The van der Waals surface area contributed by atoms with Gasteiger partial charge >= 0.3 is 0 Å². The van der Waals surface area contributed by atoms with E-state index < -0.39 is 0 Å². The van der Waals surface area contributed by atoms with Crippen molar-refractivity contribution in [3.63, 3.8) is 0 Å². The molecule has 4 rings (SSSR count). The number of H-pyrrole nitrogens is 2. The molecule has 1 amide bonds. The molecule has 3 heterocycles. The third kappa shape index (κ3) is 2.67. The van der Waals surface area contributed by atoms with E-state index in [4.69, 9.17) is 0 Å². The largest absolute Gasteiger partial charge is 0.338 e. The fraction of sp³-hybridized carbons (Fsp3) is 0.474. The number of aromatic nitrogens is 3. The number of hydrogen-bond donors (Lipinski definition) is 2. The first-order valence-electron chi connectivity index (χ1n) is 8.98. The van der Waals surface area contributed by atoms with Crippen molar-refractivity contribution in [3.05, 3.63) is 61.2 Å². The lowest BCUT2D eigenvalue weighted by Crippen LogP contribution is -2.48. The normalized spacial score (nSPS) is 21.8.